The van der Waals surface area contributed by atoms with E-state index in [-0.39, 0.29) is 11.8 Å². The van der Waals surface area contributed by atoms with Crippen molar-refractivity contribution >= 4 is 28.8 Å². The van der Waals surface area contributed by atoms with Crippen LogP contribution in [-0.4, -0.2) is 47.9 Å². The van der Waals surface area contributed by atoms with Gasteiger partial charge < -0.3 is 15.5 Å². The molecule has 0 saturated heterocycles. The highest BCUT2D eigenvalue weighted by Gasteiger charge is 2.11. The number of benzene rings is 1. The van der Waals surface area contributed by atoms with Gasteiger partial charge in [0.05, 0.1) is 5.01 Å². The van der Waals surface area contributed by atoms with E-state index in [0.29, 0.717) is 23.5 Å². The zero-order valence-electron chi connectivity index (χ0n) is 14.8. The zero-order chi connectivity index (χ0) is 18.2. The number of anilines is 1. The Morgan fingerprint density at radius 2 is 1.96 bits per heavy atom. The van der Waals surface area contributed by atoms with Crippen LogP contribution in [-0.2, 0) is 0 Å². The van der Waals surface area contributed by atoms with Gasteiger partial charge in [0.15, 0.2) is 0 Å². The van der Waals surface area contributed by atoms with Gasteiger partial charge in [-0.15, -0.1) is 11.3 Å². The molecule has 0 unspecified atom stereocenters. The number of aromatic nitrogens is 1. The van der Waals surface area contributed by atoms with Crippen molar-refractivity contribution in [1.29, 1.82) is 0 Å². The molecule has 0 spiro atoms. The summed E-state index contributed by atoms with van der Waals surface area (Å²) in [5.41, 5.74) is 1.48. The summed E-state index contributed by atoms with van der Waals surface area (Å²) in [4.78, 5) is 30.8. The van der Waals surface area contributed by atoms with Gasteiger partial charge in [-0.05, 0) is 38.2 Å². The number of nitrogens with zero attached hydrogens (tertiary/aromatic N) is 2. The maximum atomic E-state index is 12.3. The van der Waals surface area contributed by atoms with Gasteiger partial charge in [0, 0.05) is 29.7 Å². The Morgan fingerprint density at radius 1 is 1.20 bits per heavy atom. The number of rotatable bonds is 8. The molecule has 2 aromatic rings. The van der Waals surface area contributed by atoms with Gasteiger partial charge in [0.25, 0.3) is 11.8 Å². The fourth-order valence-electron chi connectivity index (χ4n) is 2.37. The summed E-state index contributed by atoms with van der Waals surface area (Å²) in [5.74, 6) is -0.420. The van der Waals surface area contributed by atoms with Crippen LogP contribution in [0.3, 0.4) is 0 Å². The highest BCUT2D eigenvalue weighted by molar-refractivity contribution is 7.09. The van der Waals surface area contributed by atoms with E-state index >= 15 is 0 Å². The molecule has 0 aliphatic rings. The van der Waals surface area contributed by atoms with Crippen molar-refractivity contribution in [1.82, 2.24) is 15.2 Å². The fraction of sp³-hybridized carbons (Fsp3) is 0.389. The number of hydrogen-bond donors (Lipinski definition) is 2. The monoisotopic (exact) mass is 360 g/mol. The van der Waals surface area contributed by atoms with E-state index < -0.39 is 0 Å². The second-order valence-corrected chi connectivity index (χ2v) is 6.63. The zero-order valence-corrected chi connectivity index (χ0v) is 15.7. The van der Waals surface area contributed by atoms with Crippen molar-refractivity contribution < 1.29 is 9.59 Å². The Hall–Kier alpha value is -2.25. The minimum atomic E-state index is -0.275. The predicted octanol–water partition coefficient (Wildman–Crippen LogP) is 2.78. The van der Waals surface area contributed by atoms with Crippen LogP contribution in [0.25, 0.3) is 0 Å². The number of nitrogens with one attached hydrogen (secondary N) is 2. The summed E-state index contributed by atoms with van der Waals surface area (Å²) in [7, 11) is 0. The molecule has 1 aromatic carbocycles. The largest absolute Gasteiger partial charge is 0.351 e. The van der Waals surface area contributed by atoms with Crippen LogP contribution in [0.4, 0.5) is 5.69 Å². The van der Waals surface area contributed by atoms with Gasteiger partial charge in [-0.1, -0.05) is 19.9 Å². The summed E-state index contributed by atoms with van der Waals surface area (Å²) in [6.45, 7) is 9.38. The van der Waals surface area contributed by atoms with Crippen LogP contribution >= 0.6 is 11.3 Å². The Kier molecular flexibility index (Phi) is 7.09. The van der Waals surface area contributed by atoms with Crippen molar-refractivity contribution in [3.05, 3.63) is 45.9 Å². The van der Waals surface area contributed by atoms with Crippen LogP contribution in [0, 0.1) is 6.92 Å². The normalized spacial score (nSPS) is 10.7. The first-order valence-electron chi connectivity index (χ1n) is 8.37. The Labute approximate surface area is 152 Å². The van der Waals surface area contributed by atoms with Crippen molar-refractivity contribution in [2.24, 2.45) is 0 Å². The molecule has 0 aliphatic carbocycles. The lowest BCUT2D eigenvalue weighted by Crippen LogP contribution is -2.34. The number of carbonyl (C=O) groups excluding carboxylic acids is 2. The number of amides is 2. The maximum Gasteiger partial charge on any atom is 0.275 e. The molecule has 6 nitrogen and oxygen atoms in total. The van der Waals surface area contributed by atoms with Crippen LogP contribution in [0.2, 0.25) is 0 Å². The number of carbonyl (C=O) groups is 2. The van der Waals surface area contributed by atoms with Crippen molar-refractivity contribution in [2.75, 3.05) is 31.5 Å². The smallest absolute Gasteiger partial charge is 0.275 e. The average Bonchev–Trinajstić information content (AvgIpc) is 3.05. The maximum absolute atomic E-state index is 12.3. The molecule has 0 saturated carbocycles. The third kappa shape index (κ3) is 5.65. The van der Waals surface area contributed by atoms with Crippen LogP contribution in [0.1, 0.15) is 39.7 Å². The predicted molar refractivity (Wildman–Crippen MR) is 101 cm³/mol. The first kappa shape index (κ1) is 19.1. The molecule has 134 valence electrons. The van der Waals surface area contributed by atoms with E-state index in [4.69, 9.17) is 0 Å². The van der Waals surface area contributed by atoms with E-state index in [1.165, 1.54) is 11.3 Å². The standard InChI is InChI=1S/C18H24N4O2S/c1-4-22(5-2)10-9-19-17(23)14-7-6-8-15(11-14)21-18(24)16-12-25-13(3)20-16/h6-8,11-12H,4-5,9-10H2,1-3H3,(H,19,23)(H,21,24). The second kappa shape index (κ2) is 9.29. The third-order valence-electron chi connectivity index (χ3n) is 3.84. The van der Waals surface area contributed by atoms with Crippen LogP contribution in [0.15, 0.2) is 29.6 Å². The lowest BCUT2D eigenvalue weighted by molar-refractivity contribution is 0.0947. The number of thiazole rings is 1. The molecule has 2 amide bonds. The molecule has 0 atom stereocenters. The van der Waals surface area contributed by atoms with Crippen molar-refractivity contribution in [3.8, 4) is 0 Å². The molecule has 25 heavy (non-hydrogen) atoms. The average molecular weight is 360 g/mol. The Bertz CT molecular complexity index is 725. The third-order valence-corrected chi connectivity index (χ3v) is 4.62. The first-order chi connectivity index (χ1) is 12.0. The van der Waals surface area contributed by atoms with Gasteiger partial charge in [0.1, 0.15) is 5.69 Å². The molecular formula is C18H24N4O2S. The lowest BCUT2D eigenvalue weighted by atomic mass is 10.2. The number of likely N-dealkylation sites (N-methyl/N-ethyl adjacent to an activating group) is 1. The van der Waals surface area contributed by atoms with Gasteiger partial charge >= 0.3 is 0 Å². The van der Waals surface area contributed by atoms with E-state index in [9.17, 15) is 9.59 Å². The van der Waals surface area contributed by atoms with Gasteiger partial charge in [-0.25, -0.2) is 4.98 Å². The molecule has 1 aromatic heterocycles. The van der Waals surface area contributed by atoms with Gasteiger partial charge in [-0.2, -0.15) is 0 Å². The Balaban J connectivity index is 1.93. The lowest BCUT2D eigenvalue weighted by Gasteiger charge is -2.18. The highest BCUT2D eigenvalue weighted by Crippen LogP contribution is 2.14. The minimum absolute atomic E-state index is 0.146. The first-order valence-corrected chi connectivity index (χ1v) is 9.25. The van der Waals surface area contributed by atoms with Crippen LogP contribution in [0.5, 0.6) is 0 Å². The molecule has 0 bridgehead atoms. The minimum Gasteiger partial charge on any atom is -0.351 e. The van der Waals surface area contributed by atoms with E-state index in [1.54, 1.807) is 29.6 Å². The summed E-state index contributed by atoms with van der Waals surface area (Å²) in [6.07, 6.45) is 0. The topological polar surface area (TPSA) is 74.3 Å². The summed E-state index contributed by atoms with van der Waals surface area (Å²) in [5, 5.41) is 8.24. The van der Waals surface area contributed by atoms with Crippen molar-refractivity contribution in [3.63, 3.8) is 0 Å². The molecule has 1 heterocycles. The summed E-state index contributed by atoms with van der Waals surface area (Å²) >= 11 is 1.43. The van der Waals surface area contributed by atoms with E-state index in [0.717, 1.165) is 24.6 Å². The molecule has 0 aliphatic heterocycles. The van der Waals surface area contributed by atoms with Crippen molar-refractivity contribution in [2.45, 2.75) is 20.8 Å². The second-order valence-electron chi connectivity index (χ2n) is 5.57. The molecule has 0 fully saturated rings. The fourth-order valence-corrected chi connectivity index (χ4v) is 2.96. The van der Waals surface area contributed by atoms with Crippen LogP contribution < -0.4 is 10.6 Å². The highest BCUT2D eigenvalue weighted by atomic mass is 32.1. The Morgan fingerprint density at radius 3 is 2.60 bits per heavy atom. The quantitative estimate of drug-likeness (QED) is 0.759. The van der Waals surface area contributed by atoms with E-state index in [2.05, 4.69) is 34.4 Å². The summed E-state index contributed by atoms with van der Waals surface area (Å²) in [6, 6.07) is 6.91. The molecular weight excluding hydrogens is 336 g/mol. The molecule has 7 heteroatoms. The molecule has 0 radical (unpaired) electrons. The van der Waals surface area contributed by atoms with Gasteiger partial charge in [0.2, 0.25) is 0 Å². The van der Waals surface area contributed by atoms with E-state index in [1.807, 2.05) is 6.92 Å². The molecule has 2 rings (SSSR count). The SMILES string of the molecule is CCN(CC)CCNC(=O)c1cccc(NC(=O)c2csc(C)n2)c1. The number of hydrogen-bond acceptors (Lipinski definition) is 5. The summed E-state index contributed by atoms with van der Waals surface area (Å²) < 4.78 is 0. The van der Waals surface area contributed by atoms with Gasteiger partial charge in [-0.3, -0.25) is 9.59 Å². The number of aryl methyl sites for hydroxylation is 1. The molecule has 2 N–H and O–H groups in total.